The van der Waals surface area contributed by atoms with Crippen LogP contribution in [-0.2, 0) is 23.8 Å². The summed E-state index contributed by atoms with van der Waals surface area (Å²) >= 11 is 0. The van der Waals surface area contributed by atoms with E-state index >= 15 is 0 Å². The smallest absolute Gasteiger partial charge is 0.411 e. The van der Waals surface area contributed by atoms with Crippen LogP contribution in [0.15, 0.2) is 53.9 Å². The van der Waals surface area contributed by atoms with Crippen LogP contribution in [0.25, 0.3) is 0 Å². The van der Waals surface area contributed by atoms with Gasteiger partial charge >= 0.3 is 18.0 Å². The molecule has 28 heavy (non-hydrogen) atoms. The van der Waals surface area contributed by atoms with Gasteiger partial charge in [0, 0.05) is 18.0 Å². The molecule has 1 heterocycles. The largest absolute Gasteiger partial charge is 0.494 e. The molecule has 1 N–H and O–H groups in total. The molecule has 0 saturated heterocycles. The number of hydrogen-bond donors (Lipinski definition) is 1. The molecule has 0 aliphatic carbocycles. The lowest BCUT2D eigenvalue weighted by atomic mass is 10.1. The summed E-state index contributed by atoms with van der Waals surface area (Å²) in [7, 11) is 5.10. The first kappa shape index (κ1) is 20.6. The van der Waals surface area contributed by atoms with E-state index < -0.39 is 18.0 Å². The molecule has 0 saturated carbocycles. The molecule has 1 aliphatic rings. The van der Waals surface area contributed by atoms with Gasteiger partial charge in [-0.3, -0.25) is 5.32 Å². The Balaban J connectivity index is 2.58. The van der Waals surface area contributed by atoms with Crippen molar-refractivity contribution in [2.24, 2.45) is 0 Å². The van der Waals surface area contributed by atoms with E-state index in [0.717, 1.165) is 0 Å². The third kappa shape index (κ3) is 4.32. The molecule has 9 heteroatoms. The molecule has 1 aliphatic heterocycles. The van der Waals surface area contributed by atoms with E-state index in [0.29, 0.717) is 17.1 Å². The molecule has 0 aromatic heterocycles. The zero-order valence-corrected chi connectivity index (χ0v) is 15.8. The minimum absolute atomic E-state index is 0.0232. The highest BCUT2D eigenvalue weighted by Crippen LogP contribution is 2.33. The Kier molecular flexibility index (Phi) is 6.80. The molecule has 2 rings (SSSR count). The first-order chi connectivity index (χ1) is 13.5. The number of esters is 2. The number of allylic oxidation sites excluding steroid dienone is 2. The van der Waals surface area contributed by atoms with Crippen LogP contribution in [0.3, 0.4) is 0 Å². The number of nitrogens with one attached hydrogen (secondary N) is 1. The van der Waals surface area contributed by atoms with Crippen LogP contribution < -0.4 is 15.0 Å². The monoisotopic (exact) mass is 388 g/mol. The van der Waals surface area contributed by atoms with E-state index in [4.69, 9.17) is 14.2 Å². The number of amides is 1. The Hall–Kier alpha value is -3.75. The number of carbonyl (C=O) groups excluding carboxylic acids is 3. The lowest BCUT2D eigenvalue weighted by Crippen LogP contribution is -2.27. The minimum Gasteiger partial charge on any atom is -0.494 e. The van der Waals surface area contributed by atoms with E-state index in [1.807, 2.05) is 0 Å². The average molecular weight is 388 g/mol. The molecule has 0 atom stereocenters. The number of ether oxygens (including phenoxy) is 4. The third-order valence-corrected chi connectivity index (χ3v) is 3.77. The molecule has 148 valence electrons. The van der Waals surface area contributed by atoms with Gasteiger partial charge in [0.1, 0.15) is 11.4 Å². The van der Waals surface area contributed by atoms with E-state index in [1.165, 1.54) is 39.4 Å². The van der Waals surface area contributed by atoms with Crippen molar-refractivity contribution in [3.63, 3.8) is 0 Å². The number of nitrogens with zero attached hydrogens (tertiary/aromatic N) is 1. The lowest BCUT2D eigenvalue weighted by Gasteiger charge is -2.24. The molecule has 1 amide bonds. The topological polar surface area (TPSA) is 103 Å². The minimum atomic E-state index is -0.729. The number of anilines is 2. The van der Waals surface area contributed by atoms with Crippen molar-refractivity contribution in [2.75, 3.05) is 38.7 Å². The molecule has 1 aromatic rings. The average Bonchev–Trinajstić information content (AvgIpc) is 2.95. The third-order valence-electron chi connectivity index (χ3n) is 3.77. The van der Waals surface area contributed by atoms with Gasteiger partial charge in [-0.15, -0.1) is 0 Å². The quantitative estimate of drug-likeness (QED) is 0.606. The Bertz CT molecular complexity index is 871. The Labute approximate surface area is 161 Å². The van der Waals surface area contributed by atoms with Gasteiger partial charge < -0.3 is 23.8 Å². The zero-order valence-electron chi connectivity index (χ0n) is 15.8. The first-order valence-electron chi connectivity index (χ1n) is 8.04. The molecular weight excluding hydrogens is 368 g/mol. The summed E-state index contributed by atoms with van der Waals surface area (Å²) in [4.78, 5) is 37.6. The van der Waals surface area contributed by atoms with E-state index in [2.05, 4.69) is 10.1 Å². The summed E-state index contributed by atoms with van der Waals surface area (Å²) in [5, 5.41) is 2.52. The van der Waals surface area contributed by atoms with Gasteiger partial charge in [-0.25, -0.2) is 14.4 Å². The fraction of sp³-hybridized carbons (Fsp3) is 0.211. The van der Waals surface area contributed by atoms with Crippen LogP contribution >= 0.6 is 0 Å². The highest BCUT2D eigenvalue weighted by molar-refractivity contribution is 6.05. The molecule has 0 spiro atoms. The summed E-state index contributed by atoms with van der Waals surface area (Å²) < 4.78 is 19.5. The summed E-state index contributed by atoms with van der Waals surface area (Å²) in [5.41, 5.74) is 0.839. The maximum absolute atomic E-state index is 12.4. The van der Waals surface area contributed by atoms with Crippen molar-refractivity contribution in [1.82, 2.24) is 0 Å². The number of methoxy groups -OCH3 is 4. The summed E-state index contributed by atoms with van der Waals surface area (Å²) in [6, 6.07) is 4.78. The fourth-order valence-electron chi connectivity index (χ4n) is 2.46. The Morgan fingerprint density at radius 3 is 2.25 bits per heavy atom. The standard InChI is InChI=1S/C19H20N2O7/c1-25-15-11-12(8-9-14(15)20-19(24)28-4)21-10-6-5-7-13(17(22)26-2)16(21)18(23)27-3/h5-11H,1-4H3,(H,20,24). The summed E-state index contributed by atoms with van der Waals surface area (Å²) in [5.74, 6) is -1.11. The van der Waals surface area contributed by atoms with Gasteiger partial charge in [0.25, 0.3) is 0 Å². The van der Waals surface area contributed by atoms with Crippen molar-refractivity contribution in [2.45, 2.75) is 0 Å². The second-order valence-electron chi connectivity index (χ2n) is 5.32. The van der Waals surface area contributed by atoms with Crippen LogP contribution in [0.4, 0.5) is 16.2 Å². The second-order valence-corrected chi connectivity index (χ2v) is 5.32. The fourth-order valence-corrected chi connectivity index (χ4v) is 2.46. The van der Waals surface area contributed by atoms with Gasteiger partial charge in [-0.2, -0.15) is 0 Å². The number of benzene rings is 1. The second kappa shape index (κ2) is 9.26. The highest BCUT2D eigenvalue weighted by atomic mass is 16.5. The number of rotatable bonds is 5. The number of carbonyl (C=O) groups is 3. The molecule has 0 radical (unpaired) electrons. The molecule has 1 aromatic carbocycles. The van der Waals surface area contributed by atoms with Crippen LogP contribution in [0.2, 0.25) is 0 Å². The molecule has 9 nitrogen and oxygen atoms in total. The predicted molar refractivity (Wildman–Crippen MR) is 101 cm³/mol. The van der Waals surface area contributed by atoms with E-state index in [1.54, 1.807) is 36.6 Å². The van der Waals surface area contributed by atoms with Crippen molar-refractivity contribution >= 4 is 29.4 Å². The van der Waals surface area contributed by atoms with Crippen LogP contribution in [0, 0.1) is 0 Å². The van der Waals surface area contributed by atoms with Crippen LogP contribution in [0.5, 0.6) is 5.75 Å². The molecule has 0 bridgehead atoms. The zero-order chi connectivity index (χ0) is 20.7. The van der Waals surface area contributed by atoms with Crippen molar-refractivity contribution in [1.29, 1.82) is 0 Å². The lowest BCUT2D eigenvalue weighted by molar-refractivity contribution is -0.139. The predicted octanol–water partition coefficient (Wildman–Crippen LogP) is 2.36. The van der Waals surface area contributed by atoms with Crippen molar-refractivity contribution < 1.29 is 33.3 Å². The normalized spacial score (nSPS) is 12.9. The van der Waals surface area contributed by atoms with Gasteiger partial charge in [0.15, 0.2) is 0 Å². The Morgan fingerprint density at radius 1 is 0.929 bits per heavy atom. The number of hydrogen-bond acceptors (Lipinski definition) is 8. The SMILES string of the molecule is COC(=O)Nc1ccc(N2C=CC=CC(C(=O)OC)=C2C(=O)OC)cc1OC. The van der Waals surface area contributed by atoms with Gasteiger partial charge in [0.2, 0.25) is 0 Å². The maximum Gasteiger partial charge on any atom is 0.411 e. The van der Waals surface area contributed by atoms with E-state index in [-0.39, 0.29) is 11.3 Å². The Morgan fingerprint density at radius 2 is 1.64 bits per heavy atom. The van der Waals surface area contributed by atoms with E-state index in [9.17, 15) is 14.4 Å². The van der Waals surface area contributed by atoms with Crippen molar-refractivity contribution in [3.8, 4) is 5.75 Å². The van der Waals surface area contributed by atoms with Crippen LogP contribution in [-0.4, -0.2) is 46.5 Å². The van der Waals surface area contributed by atoms with Gasteiger partial charge in [-0.05, 0) is 24.3 Å². The molecule has 0 unspecified atom stereocenters. The first-order valence-corrected chi connectivity index (χ1v) is 8.04. The molecular formula is C19H20N2O7. The summed E-state index contributed by atoms with van der Waals surface area (Å²) in [6.07, 6.45) is 5.62. The molecule has 0 fully saturated rings. The maximum atomic E-state index is 12.4. The van der Waals surface area contributed by atoms with Gasteiger partial charge in [-0.1, -0.05) is 6.08 Å². The van der Waals surface area contributed by atoms with Gasteiger partial charge in [0.05, 0.1) is 39.7 Å². The van der Waals surface area contributed by atoms with Crippen molar-refractivity contribution in [3.05, 3.63) is 53.9 Å². The van der Waals surface area contributed by atoms with Crippen LogP contribution in [0.1, 0.15) is 0 Å². The highest BCUT2D eigenvalue weighted by Gasteiger charge is 2.28. The summed E-state index contributed by atoms with van der Waals surface area (Å²) in [6.45, 7) is 0.